The number of amides is 1. The molecule has 3 rings (SSSR count). The van der Waals surface area contributed by atoms with E-state index in [1.165, 1.54) is 11.1 Å². The maximum Gasteiger partial charge on any atom is 0.226 e. The van der Waals surface area contributed by atoms with Crippen molar-refractivity contribution in [1.29, 1.82) is 0 Å². The lowest BCUT2D eigenvalue weighted by Gasteiger charge is -2.34. The average Bonchev–Trinajstić information content (AvgIpc) is 2.78. The largest absolute Gasteiger partial charge is 0.493 e. The van der Waals surface area contributed by atoms with Crippen LogP contribution in [-0.4, -0.2) is 56.6 Å². The van der Waals surface area contributed by atoms with E-state index >= 15 is 0 Å². The number of carbonyl (C=O) groups excluding carboxylic acids is 1. The molecular weight excluding hydrogens is 376 g/mol. The fourth-order valence-corrected chi connectivity index (χ4v) is 4.18. The maximum atomic E-state index is 13.1. The Bertz CT molecular complexity index is 852. The van der Waals surface area contributed by atoms with Crippen molar-refractivity contribution in [3.63, 3.8) is 0 Å². The molecule has 1 unspecified atom stereocenters. The number of methoxy groups -OCH3 is 2. The number of likely N-dealkylation sites (tertiary alicyclic amines) is 1. The van der Waals surface area contributed by atoms with Crippen molar-refractivity contribution in [2.24, 2.45) is 5.92 Å². The monoisotopic (exact) mass is 410 g/mol. The van der Waals surface area contributed by atoms with Gasteiger partial charge in [0.25, 0.3) is 0 Å². The highest BCUT2D eigenvalue weighted by Gasteiger charge is 2.28. The van der Waals surface area contributed by atoms with Crippen LogP contribution in [0, 0.1) is 12.8 Å². The van der Waals surface area contributed by atoms with Crippen molar-refractivity contribution >= 4 is 5.91 Å². The predicted molar refractivity (Wildman–Crippen MR) is 120 cm³/mol. The minimum atomic E-state index is 0.0816. The number of piperidine rings is 1. The average molecular weight is 411 g/mol. The molecule has 1 heterocycles. The molecule has 1 saturated heterocycles. The van der Waals surface area contributed by atoms with E-state index in [-0.39, 0.29) is 11.8 Å². The van der Waals surface area contributed by atoms with Gasteiger partial charge in [-0.2, -0.15) is 0 Å². The second-order valence-electron chi connectivity index (χ2n) is 8.20. The lowest BCUT2D eigenvalue weighted by Crippen LogP contribution is -2.43. The highest BCUT2D eigenvalue weighted by atomic mass is 16.5. The normalized spacial score (nSPS) is 16.9. The molecular formula is C25H34N2O3. The summed E-state index contributed by atoms with van der Waals surface area (Å²) in [4.78, 5) is 17.4. The van der Waals surface area contributed by atoms with Gasteiger partial charge in [0.1, 0.15) is 0 Å². The molecule has 0 aromatic heterocycles. The van der Waals surface area contributed by atoms with Gasteiger partial charge in [0.2, 0.25) is 5.91 Å². The quantitative estimate of drug-likeness (QED) is 0.661. The first-order valence-electron chi connectivity index (χ1n) is 10.7. The van der Waals surface area contributed by atoms with Gasteiger partial charge in [-0.3, -0.25) is 9.69 Å². The van der Waals surface area contributed by atoms with Crippen LogP contribution < -0.4 is 9.47 Å². The van der Waals surface area contributed by atoms with Gasteiger partial charge >= 0.3 is 0 Å². The molecule has 1 amide bonds. The molecule has 0 radical (unpaired) electrons. The first-order chi connectivity index (χ1) is 14.5. The van der Waals surface area contributed by atoms with Gasteiger partial charge < -0.3 is 14.4 Å². The summed E-state index contributed by atoms with van der Waals surface area (Å²) in [5.74, 6) is 1.79. The Balaban J connectivity index is 1.54. The highest BCUT2D eigenvalue weighted by Crippen LogP contribution is 2.28. The highest BCUT2D eigenvalue weighted by molar-refractivity contribution is 5.79. The zero-order valence-corrected chi connectivity index (χ0v) is 18.7. The van der Waals surface area contributed by atoms with Crippen molar-refractivity contribution in [2.45, 2.75) is 32.7 Å². The van der Waals surface area contributed by atoms with E-state index in [1.54, 1.807) is 14.2 Å². The third-order valence-electron chi connectivity index (χ3n) is 6.07. The van der Waals surface area contributed by atoms with Gasteiger partial charge in [0.05, 0.1) is 20.1 Å². The van der Waals surface area contributed by atoms with Crippen molar-refractivity contribution in [3.05, 3.63) is 59.2 Å². The Labute approximate surface area is 180 Å². The molecule has 5 heteroatoms. The second-order valence-corrected chi connectivity index (χ2v) is 8.20. The van der Waals surface area contributed by atoms with Crippen LogP contribution in [0.15, 0.2) is 42.5 Å². The Morgan fingerprint density at radius 1 is 1.13 bits per heavy atom. The molecule has 2 aromatic carbocycles. The fraction of sp³-hybridized carbons (Fsp3) is 0.480. The minimum absolute atomic E-state index is 0.0816. The lowest BCUT2D eigenvalue weighted by molar-refractivity contribution is -0.136. The predicted octanol–water partition coefficient (Wildman–Crippen LogP) is 3.93. The Hall–Kier alpha value is -2.53. The van der Waals surface area contributed by atoms with Gasteiger partial charge in [-0.1, -0.05) is 30.3 Å². The third-order valence-corrected chi connectivity index (χ3v) is 6.07. The molecule has 0 N–H and O–H groups in total. The van der Waals surface area contributed by atoms with Gasteiger partial charge in [-0.25, -0.2) is 0 Å². The van der Waals surface area contributed by atoms with E-state index in [9.17, 15) is 4.79 Å². The van der Waals surface area contributed by atoms with Gasteiger partial charge in [-0.15, -0.1) is 0 Å². The Morgan fingerprint density at radius 2 is 1.90 bits per heavy atom. The van der Waals surface area contributed by atoms with Crippen LogP contribution >= 0.6 is 0 Å². The van der Waals surface area contributed by atoms with E-state index in [0.29, 0.717) is 6.54 Å². The summed E-state index contributed by atoms with van der Waals surface area (Å²) in [6, 6.07) is 14.5. The molecule has 0 bridgehead atoms. The lowest BCUT2D eigenvalue weighted by atomic mass is 9.95. The van der Waals surface area contributed by atoms with Crippen LogP contribution in [0.5, 0.6) is 11.5 Å². The number of hydrogen-bond acceptors (Lipinski definition) is 4. The molecule has 1 aliphatic heterocycles. The van der Waals surface area contributed by atoms with E-state index in [0.717, 1.165) is 56.0 Å². The van der Waals surface area contributed by atoms with E-state index in [2.05, 4.69) is 36.1 Å². The number of hydrogen-bond donors (Lipinski definition) is 0. The standard InChI is InChI=1S/C25H34N2O3/c1-19-8-5-6-9-21(19)17-27-14-7-10-22(18-27)25(28)26(2)15-13-20-11-12-23(29-3)24(16-20)30-4/h5-6,8-9,11-12,16,22H,7,10,13-15,17-18H2,1-4H3. The van der Waals surface area contributed by atoms with Crippen molar-refractivity contribution in [3.8, 4) is 11.5 Å². The van der Waals surface area contributed by atoms with Crippen LogP contribution in [-0.2, 0) is 17.8 Å². The molecule has 1 fully saturated rings. The van der Waals surface area contributed by atoms with Crippen LogP contribution in [0.25, 0.3) is 0 Å². The molecule has 1 atom stereocenters. The second kappa shape index (κ2) is 10.5. The molecule has 162 valence electrons. The zero-order chi connectivity index (χ0) is 21.5. The summed E-state index contributed by atoms with van der Waals surface area (Å²) >= 11 is 0. The summed E-state index contributed by atoms with van der Waals surface area (Å²) < 4.78 is 10.7. The molecule has 2 aromatic rings. The van der Waals surface area contributed by atoms with E-state index in [4.69, 9.17) is 9.47 Å². The smallest absolute Gasteiger partial charge is 0.226 e. The maximum absolute atomic E-state index is 13.1. The first kappa shape index (κ1) is 22.2. The SMILES string of the molecule is COc1ccc(CCN(C)C(=O)C2CCCN(Cc3ccccc3C)C2)cc1OC. The Morgan fingerprint density at radius 3 is 2.63 bits per heavy atom. The van der Waals surface area contributed by atoms with Crippen LogP contribution in [0.4, 0.5) is 0 Å². The van der Waals surface area contributed by atoms with E-state index in [1.807, 2.05) is 30.1 Å². The molecule has 30 heavy (non-hydrogen) atoms. The molecule has 0 spiro atoms. The summed E-state index contributed by atoms with van der Waals surface area (Å²) in [7, 11) is 5.20. The number of nitrogens with zero attached hydrogens (tertiary/aromatic N) is 2. The number of aryl methyl sites for hydroxylation is 1. The van der Waals surface area contributed by atoms with Crippen LogP contribution in [0.2, 0.25) is 0 Å². The molecule has 0 aliphatic carbocycles. The summed E-state index contributed by atoms with van der Waals surface area (Å²) in [6.45, 7) is 5.68. The number of benzene rings is 2. The number of likely N-dealkylation sites (N-methyl/N-ethyl adjacent to an activating group) is 1. The molecule has 5 nitrogen and oxygen atoms in total. The first-order valence-corrected chi connectivity index (χ1v) is 10.7. The van der Waals surface area contributed by atoms with Crippen LogP contribution in [0.3, 0.4) is 0 Å². The summed E-state index contributed by atoms with van der Waals surface area (Å²) in [6.07, 6.45) is 2.85. The van der Waals surface area contributed by atoms with Crippen molar-refractivity contribution in [1.82, 2.24) is 9.80 Å². The number of carbonyl (C=O) groups is 1. The number of ether oxygens (including phenoxy) is 2. The van der Waals surface area contributed by atoms with Gasteiger partial charge in [0, 0.05) is 26.7 Å². The summed E-state index contributed by atoms with van der Waals surface area (Å²) in [5.41, 5.74) is 3.81. The van der Waals surface area contributed by atoms with Crippen LogP contribution in [0.1, 0.15) is 29.5 Å². The minimum Gasteiger partial charge on any atom is -0.493 e. The van der Waals surface area contributed by atoms with Gasteiger partial charge in [-0.05, 0) is 61.6 Å². The third kappa shape index (κ3) is 5.54. The summed E-state index contributed by atoms with van der Waals surface area (Å²) in [5, 5.41) is 0. The van der Waals surface area contributed by atoms with Crippen molar-refractivity contribution < 1.29 is 14.3 Å². The topological polar surface area (TPSA) is 42.0 Å². The zero-order valence-electron chi connectivity index (χ0n) is 18.7. The molecule has 1 aliphatic rings. The molecule has 0 saturated carbocycles. The van der Waals surface area contributed by atoms with Gasteiger partial charge in [0.15, 0.2) is 11.5 Å². The van der Waals surface area contributed by atoms with E-state index < -0.39 is 0 Å². The van der Waals surface area contributed by atoms with Crippen molar-refractivity contribution in [2.75, 3.05) is 40.9 Å². The number of rotatable bonds is 8. The fourth-order valence-electron chi connectivity index (χ4n) is 4.18. The Kier molecular flexibility index (Phi) is 7.75.